The number of pyridine rings is 1. The predicted molar refractivity (Wildman–Crippen MR) is 118 cm³/mol. The van der Waals surface area contributed by atoms with Crippen LogP contribution in [0.3, 0.4) is 0 Å². The van der Waals surface area contributed by atoms with Crippen molar-refractivity contribution >= 4 is 23.2 Å². The number of hydrogen-bond donors (Lipinski definition) is 1. The van der Waals surface area contributed by atoms with Crippen LogP contribution in [0.4, 0.5) is 0 Å². The summed E-state index contributed by atoms with van der Waals surface area (Å²) < 4.78 is 5.32. The summed E-state index contributed by atoms with van der Waals surface area (Å²) in [5.74, 6) is 6.34. The van der Waals surface area contributed by atoms with Gasteiger partial charge in [-0.1, -0.05) is 31.1 Å². The molecule has 2 amide bonds. The third-order valence-electron chi connectivity index (χ3n) is 5.74. The molecule has 4 rings (SSSR count). The summed E-state index contributed by atoms with van der Waals surface area (Å²) in [7, 11) is 0. The van der Waals surface area contributed by atoms with E-state index in [1.807, 2.05) is 6.92 Å². The molecule has 2 aliphatic rings. The van der Waals surface area contributed by atoms with Gasteiger partial charge in [0.1, 0.15) is 10.4 Å². The van der Waals surface area contributed by atoms with Gasteiger partial charge in [0.25, 0.3) is 11.8 Å². The van der Waals surface area contributed by atoms with Crippen LogP contribution in [0.1, 0.15) is 63.4 Å². The van der Waals surface area contributed by atoms with E-state index in [9.17, 15) is 9.59 Å². The Balaban J connectivity index is 1.54. The van der Waals surface area contributed by atoms with Gasteiger partial charge in [-0.05, 0) is 25.8 Å². The number of hydrogen-bond acceptors (Lipinski definition) is 6. The first-order valence-corrected chi connectivity index (χ1v) is 11.5. The molecule has 1 saturated heterocycles. The summed E-state index contributed by atoms with van der Waals surface area (Å²) in [4.78, 5) is 36.4. The average Bonchev–Trinajstić information content (AvgIpc) is 3.25. The van der Waals surface area contributed by atoms with E-state index >= 15 is 0 Å². The third kappa shape index (κ3) is 5.12. The Labute approximate surface area is 186 Å². The number of nitrogens with one attached hydrogen (secondary N) is 1. The van der Waals surface area contributed by atoms with Crippen molar-refractivity contribution in [2.45, 2.75) is 44.6 Å². The van der Waals surface area contributed by atoms with Gasteiger partial charge in [-0.2, -0.15) is 0 Å². The maximum Gasteiger partial charge on any atom is 0.264 e. The number of thiazole rings is 1. The SMILES string of the molecule is Cc1ncsc1C(=O)NC1(C#Cc2cncc(C(=O)N3CCOCC3)c2)CCCCC1. The van der Waals surface area contributed by atoms with Crippen molar-refractivity contribution in [2.24, 2.45) is 0 Å². The smallest absolute Gasteiger partial charge is 0.264 e. The summed E-state index contributed by atoms with van der Waals surface area (Å²) in [6.07, 6.45) is 8.04. The van der Waals surface area contributed by atoms with Crippen molar-refractivity contribution in [2.75, 3.05) is 26.3 Å². The number of aryl methyl sites for hydroxylation is 1. The second-order valence-corrected chi connectivity index (χ2v) is 8.84. The molecule has 1 aliphatic heterocycles. The second kappa shape index (κ2) is 9.58. The molecule has 8 heteroatoms. The van der Waals surface area contributed by atoms with Gasteiger partial charge in [0.15, 0.2) is 0 Å². The highest BCUT2D eigenvalue weighted by atomic mass is 32.1. The third-order valence-corrected chi connectivity index (χ3v) is 6.67. The summed E-state index contributed by atoms with van der Waals surface area (Å²) in [5.41, 5.74) is 3.05. The molecule has 2 aromatic heterocycles. The Morgan fingerprint density at radius 2 is 1.97 bits per heavy atom. The van der Waals surface area contributed by atoms with Crippen molar-refractivity contribution in [1.82, 2.24) is 20.2 Å². The van der Waals surface area contributed by atoms with E-state index in [-0.39, 0.29) is 11.8 Å². The number of amides is 2. The Hall–Kier alpha value is -2.76. The maximum absolute atomic E-state index is 12.8. The van der Waals surface area contributed by atoms with Gasteiger partial charge >= 0.3 is 0 Å². The van der Waals surface area contributed by atoms with Gasteiger partial charge in [0, 0.05) is 31.0 Å². The predicted octanol–water partition coefficient (Wildman–Crippen LogP) is 2.80. The van der Waals surface area contributed by atoms with E-state index in [1.54, 1.807) is 28.9 Å². The highest BCUT2D eigenvalue weighted by Gasteiger charge is 2.33. The monoisotopic (exact) mass is 438 g/mol. The lowest BCUT2D eigenvalue weighted by molar-refractivity contribution is 0.0302. The zero-order valence-electron chi connectivity index (χ0n) is 17.6. The van der Waals surface area contributed by atoms with Crippen molar-refractivity contribution in [3.8, 4) is 11.8 Å². The topological polar surface area (TPSA) is 84.4 Å². The molecule has 2 aromatic rings. The van der Waals surface area contributed by atoms with Crippen LogP contribution in [0.15, 0.2) is 24.0 Å². The summed E-state index contributed by atoms with van der Waals surface area (Å²) in [5, 5.41) is 3.18. The minimum atomic E-state index is -0.573. The largest absolute Gasteiger partial charge is 0.378 e. The molecular formula is C23H26N4O3S. The van der Waals surface area contributed by atoms with Crippen LogP contribution < -0.4 is 5.32 Å². The van der Waals surface area contributed by atoms with E-state index < -0.39 is 5.54 Å². The van der Waals surface area contributed by atoms with Crippen LogP contribution in [0.2, 0.25) is 0 Å². The van der Waals surface area contributed by atoms with E-state index in [4.69, 9.17) is 4.74 Å². The molecular weight excluding hydrogens is 412 g/mol. The van der Waals surface area contributed by atoms with Gasteiger partial charge < -0.3 is 15.0 Å². The van der Waals surface area contributed by atoms with Crippen LogP contribution >= 0.6 is 11.3 Å². The van der Waals surface area contributed by atoms with Crippen molar-refractivity contribution in [3.05, 3.63) is 45.7 Å². The van der Waals surface area contributed by atoms with Crippen LogP contribution in [0.5, 0.6) is 0 Å². The van der Waals surface area contributed by atoms with Crippen LogP contribution in [-0.4, -0.2) is 58.5 Å². The lowest BCUT2D eigenvalue weighted by Crippen LogP contribution is -2.48. The molecule has 0 atom stereocenters. The Morgan fingerprint density at radius 1 is 1.19 bits per heavy atom. The fourth-order valence-corrected chi connectivity index (χ4v) is 4.69. The number of carbonyl (C=O) groups excluding carboxylic acids is 2. The average molecular weight is 439 g/mol. The molecule has 2 fully saturated rings. The highest BCUT2D eigenvalue weighted by Crippen LogP contribution is 2.29. The van der Waals surface area contributed by atoms with Gasteiger partial charge in [0.05, 0.1) is 30.0 Å². The molecule has 0 spiro atoms. The highest BCUT2D eigenvalue weighted by molar-refractivity contribution is 7.11. The van der Waals surface area contributed by atoms with Gasteiger partial charge in [-0.15, -0.1) is 11.3 Å². The van der Waals surface area contributed by atoms with E-state index in [0.29, 0.717) is 42.3 Å². The lowest BCUT2D eigenvalue weighted by atomic mass is 9.82. The molecule has 0 radical (unpaired) electrons. The summed E-state index contributed by atoms with van der Waals surface area (Å²) in [6, 6.07) is 1.78. The summed E-state index contributed by atoms with van der Waals surface area (Å²) >= 11 is 1.35. The molecule has 7 nitrogen and oxygen atoms in total. The van der Waals surface area contributed by atoms with E-state index in [1.165, 1.54) is 11.3 Å². The molecule has 0 aromatic carbocycles. The fourth-order valence-electron chi connectivity index (χ4n) is 4.00. The zero-order valence-corrected chi connectivity index (χ0v) is 18.5. The number of aromatic nitrogens is 2. The van der Waals surface area contributed by atoms with Crippen LogP contribution in [0.25, 0.3) is 0 Å². The molecule has 31 heavy (non-hydrogen) atoms. The Bertz CT molecular complexity index is 1010. The van der Waals surface area contributed by atoms with Crippen molar-refractivity contribution in [3.63, 3.8) is 0 Å². The van der Waals surface area contributed by atoms with Gasteiger partial charge in [-0.25, -0.2) is 4.98 Å². The first-order chi connectivity index (χ1) is 15.1. The number of ether oxygens (including phenoxy) is 1. The fraction of sp³-hybridized carbons (Fsp3) is 0.478. The first kappa shape index (κ1) is 21.5. The number of morpholine rings is 1. The van der Waals surface area contributed by atoms with Crippen LogP contribution in [-0.2, 0) is 4.74 Å². The number of nitrogens with zero attached hydrogens (tertiary/aromatic N) is 3. The number of rotatable bonds is 3. The Morgan fingerprint density at radius 3 is 2.68 bits per heavy atom. The quantitative estimate of drug-likeness (QED) is 0.745. The van der Waals surface area contributed by atoms with Crippen LogP contribution in [0, 0.1) is 18.8 Å². The number of carbonyl (C=O) groups is 2. The van der Waals surface area contributed by atoms with Gasteiger partial charge in [0.2, 0.25) is 0 Å². The Kier molecular flexibility index (Phi) is 6.64. The normalized spacial score (nSPS) is 18.0. The summed E-state index contributed by atoms with van der Waals surface area (Å²) in [6.45, 7) is 4.12. The van der Waals surface area contributed by atoms with Crippen molar-refractivity contribution < 1.29 is 14.3 Å². The molecule has 3 heterocycles. The minimum absolute atomic E-state index is 0.0548. The first-order valence-electron chi connectivity index (χ1n) is 10.6. The maximum atomic E-state index is 12.8. The van der Waals surface area contributed by atoms with Crippen molar-refractivity contribution in [1.29, 1.82) is 0 Å². The van der Waals surface area contributed by atoms with E-state index in [0.717, 1.165) is 37.8 Å². The van der Waals surface area contributed by atoms with E-state index in [2.05, 4.69) is 27.1 Å². The molecule has 162 valence electrons. The molecule has 0 unspecified atom stereocenters. The van der Waals surface area contributed by atoms with Gasteiger partial charge in [-0.3, -0.25) is 14.6 Å². The second-order valence-electron chi connectivity index (χ2n) is 7.98. The molecule has 0 bridgehead atoms. The standard InChI is InChI=1S/C23H26N4O3S/c1-17-20(31-16-25-17)21(28)26-23(6-3-2-4-7-23)8-5-18-13-19(15-24-14-18)22(29)27-9-11-30-12-10-27/h13-16H,2-4,6-7,9-12H2,1H3,(H,26,28). The lowest BCUT2D eigenvalue weighted by Gasteiger charge is -2.33. The molecule has 1 saturated carbocycles. The molecule has 1 aliphatic carbocycles. The zero-order chi connectivity index (χ0) is 21.7. The molecule has 1 N–H and O–H groups in total. The minimum Gasteiger partial charge on any atom is -0.378 e.